The van der Waals surface area contributed by atoms with Gasteiger partial charge in [-0.05, 0) is 12.5 Å². The van der Waals surface area contributed by atoms with Crippen LogP contribution in [0, 0.1) is 0 Å². The van der Waals surface area contributed by atoms with Gasteiger partial charge in [-0.3, -0.25) is 0 Å². The normalized spacial score (nSPS) is 14.0. The lowest BCUT2D eigenvalue weighted by Gasteiger charge is -2.13. The van der Waals surface area contributed by atoms with Crippen LogP contribution in [0.5, 0.6) is 0 Å². The van der Waals surface area contributed by atoms with E-state index in [9.17, 15) is 16.8 Å². The first-order valence-corrected chi connectivity index (χ1v) is 10.1. The third-order valence-corrected chi connectivity index (χ3v) is 5.30. The molecule has 14 heteroatoms. The summed E-state index contributed by atoms with van der Waals surface area (Å²) in [5.74, 6) is 0.400. The molecule has 4 rings (SSSR count). The summed E-state index contributed by atoms with van der Waals surface area (Å²) in [4.78, 5) is 15.2. The number of hydrogen-bond donors (Lipinski definition) is 2. The quantitative estimate of drug-likeness (QED) is 0.524. The number of fused-ring (bicyclic) bond motifs is 2. The van der Waals surface area contributed by atoms with Gasteiger partial charge in [-0.25, -0.2) is 38.5 Å². The molecule has 0 fully saturated rings. The molecule has 4 N–H and O–H groups in total. The van der Waals surface area contributed by atoms with E-state index in [4.69, 9.17) is 10.3 Å². The minimum absolute atomic E-state index is 0.289. The molecule has 138 valence electrons. The third-order valence-electron chi connectivity index (χ3n) is 3.48. The van der Waals surface area contributed by atoms with Crippen molar-refractivity contribution in [2.45, 2.75) is 6.42 Å². The summed E-state index contributed by atoms with van der Waals surface area (Å²) in [5.41, 5.74) is 1.11. The molecule has 3 aromatic heterocycles. The lowest BCUT2D eigenvalue weighted by Crippen LogP contribution is -2.35. The Morgan fingerprint density at radius 1 is 0.962 bits per heavy atom. The highest BCUT2D eigenvalue weighted by atomic mass is 32.2. The van der Waals surface area contributed by atoms with Crippen molar-refractivity contribution in [2.75, 3.05) is 10.8 Å². The van der Waals surface area contributed by atoms with E-state index in [1.165, 1.54) is 25.0 Å². The SMILES string of the molecule is NS(=O)(=O)N1CCc2cncnc21.NS(=O)(=O)n1ccc2cncnc21. The number of rotatable bonds is 2. The lowest BCUT2D eigenvalue weighted by atomic mass is 10.3. The summed E-state index contributed by atoms with van der Waals surface area (Å²) < 4.78 is 46.0. The predicted molar refractivity (Wildman–Crippen MR) is 92.2 cm³/mol. The van der Waals surface area contributed by atoms with Crippen LogP contribution in [-0.4, -0.2) is 47.3 Å². The average molecular weight is 398 g/mol. The monoisotopic (exact) mass is 398 g/mol. The van der Waals surface area contributed by atoms with Crippen molar-refractivity contribution < 1.29 is 16.8 Å². The Morgan fingerprint density at radius 2 is 1.65 bits per heavy atom. The molecule has 0 aliphatic carbocycles. The number of nitrogens with two attached hydrogens (primary N) is 2. The first-order valence-electron chi connectivity index (χ1n) is 7.07. The molecule has 1 aliphatic rings. The molecule has 0 spiro atoms. The Hall–Kier alpha value is -2.68. The molecule has 3 aromatic rings. The molecular weight excluding hydrogens is 384 g/mol. The van der Waals surface area contributed by atoms with E-state index in [0.29, 0.717) is 24.2 Å². The van der Waals surface area contributed by atoms with E-state index < -0.39 is 20.4 Å². The molecule has 0 saturated heterocycles. The second-order valence-electron chi connectivity index (χ2n) is 5.20. The van der Waals surface area contributed by atoms with Crippen LogP contribution in [0.1, 0.15) is 5.56 Å². The Labute approximate surface area is 148 Å². The van der Waals surface area contributed by atoms with Crippen molar-refractivity contribution >= 4 is 37.3 Å². The van der Waals surface area contributed by atoms with Crippen LogP contribution in [0.15, 0.2) is 37.3 Å². The second kappa shape index (κ2) is 6.56. The van der Waals surface area contributed by atoms with Crippen molar-refractivity contribution in [3.63, 3.8) is 0 Å². The molecule has 0 saturated carbocycles. The summed E-state index contributed by atoms with van der Waals surface area (Å²) in [6.45, 7) is 0.354. The topological polar surface area (TPSA) is 180 Å². The van der Waals surface area contributed by atoms with Gasteiger partial charge < -0.3 is 0 Å². The van der Waals surface area contributed by atoms with Crippen LogP contribution < -0.4 is 14.6 Å². The average Bonchev–Trinajstić information content (AvgIpc) is 3.19. The third kappa shape index (κ3) is 3.62. The lowest BCUT2D eigenvalue weighted by molar-refractivity contribution is 0.589. The highest BCUT2D eigenvalue weighted by Crippen LogP contribution is 2.25. The molecule has 12 nitrogen and oxygen atoms in total. The Kier molecular flexibility index (Phi) is 4.57. The van der Waals surface area contributed by atoms with Crippen LogP contribution in [0.4, 0.5) is 5.82 Å². The maximum absolute atomic E-state index is 11.0. The Balaban J connectivity index is 0.000000151. The molecular formula is C12H14N8O4S2. The largest absolute Gasteiger partial charge is 0.304 e. The molecule has 4 heterocycles. The van der Waals surface area contributed by atoms with E-state index in [-0.39, 0.29) is 5.65 Å². The van der Waals surface area contributed by atoms with Crippen LogP contribution in [0.3, 0.4) is 0 Å². The van der Waals surface area contributed by atoms with E-state index in [0.717, 1.165) is 13.8 Å². The fourth-order valence-corrected chi connectivity index (χ4v) is 3.76. The molecule has 0 amide bonds. The van der Waals surface area contributed by atoms with Gasteiger partial charge in [-0.1, -0.05) is 0 Å². The zero-order valence-electron chi connectivity index (χ0n) is 13.2. The van der Waals surface area contributed by atoms with E-state index in [2.05, 4.69) is 19.9 Å². The van der Waals surface area contributed by atoms with Gasteiger partial charge in [-0.15, -0.1) is 0 Å². The zero-order chi connectivity index (χ0) is 18.9. The van der Waals surface area contributed by atoms with Crippen LogP contribution in [0.25, 0.3) is 11.0 Å². The van der Waals surface area contributed by atoms with Crippen molar-refractivity contribution in [2.24, 2.45) is 10.3 Å². The second-order valence-corrected chi connectivity index (χ2v) is 8.09. The summed E-state index contributed by atoms with van der Waals surface area (Å²) in [6.07, 6.45) is 7.66. The maximum Gasteiger partial charge on any atom is 0.304 e. The van der Waals surface area contributed by atoms with Gasteiger partial charge in [0.15, 0.2) is 5.65 Å². The van der Waals surface area contributed by atoms with Gasteiger partial charge in [0.05, 0.1) is 0 Å². The minimum Gasteiger partial charge on any atom is -0.244 e. The van der Waals surface area contributed by atoms with Crippen molar-refractivity contribution in [3.8, 4) is 0 Å². The number of hydrogen-bond acceptors (Lipinski definition) is 8. The Bertz CT molecular complexity index is 1160. The first kappa shape index (κ1) is 18.1. The predicted octanol–water partition coefficient (Wildman–Crippen LogP) is -1.47. The number of nitrogens with zero attached hydrogens (tertiary/aromatic N) is 6. The summed E-state index contributed by atoms with van der Waals surface area (Å²) in [7, 11) is -7.43. The van der Waals surface area contributed by atoms with Gasteiger partial charge in [-0.2, -0.15) is 16.8 Å². The smallest absolute Gasteiger partial charge is 0.244 e. The van der Waals surface area contributed by atoms with Gasteiger partial charge in [0.1, 0.15) is 18.5 Å². The van der Waals surface area contributed by atoms with Gasteiger partial charge >= 0.3 is 10.2 Å². The standard InChI is InChI=1S/C6H8N4O2S.C6H6N4O2S/c2*7-13(11,12)10-2-1-5-3-8-4-9-6(5)10/h3-4H,1-2H2,(H2,7,11,12);1-4H,(H2,7,11,12). The number of anilines is 1. The summed E-state index contributed by atoms with van der Waals surface area (Å²) >= 11 is 0. The zero-order valence-corrected chi connectivity index (χ0v) is 14.8. The van der Waals surface area contributed by atoms with E-state index in [1.54, 1.807) is 12.3 Å². The van der Waals surface area contributed by atoms with Gasteiger partial charge in [0, 0.05) is 36.1 Å². The van der Waals surface area contributed by atoms with E-state index >= 15 is 0 Å². The highest BCUT2D eigenvalue weighted by molar-refractivity contribution is 7.90. The van der Waals surface area contributed by atoms with Crippen LogP contribution in [-0.2, 0) is 26.8 Å². The number of aromatic nitrogens is 5. The van der Waals surface area contributed by atoms with Crippen LogP contribution in [0.2, 0.25) is 0 Å². The van der Waals surface area contributed by atoms with Crippen LogP contribution >= 0.6 is 0 Å². The fourth-order valence-electron chi connectivity index (χ4n) is 2.39. The van der Waals surface area contributed by atoms with Crippen molar-refractivity contribution in [3.05, 3.63) is 42.9 Å². The van der Waals surface area contributed by atoms with E-state index in [1.807, 2.05) is 0 Å². The van der Waals surface area contributed by atoms with Crippen molar-refractivity contribution in [1.29, 1.82) is 0 Å². The highest BCUT2D eigenvalue weighted by Gasteiger charge is 2.27. The van der Waals surface area contributed by atoms with Gasteiger partial charge in [0.25, 0.3) is 10.2 Å². The molecule has 0 bridgehead atoms. The molecule has 1 aliphatic heterocycles. The molecule has 0 unspecified atom stereocenters. The summed E-state index contributed by atoms with van der Waals surface area (Å²) in [6, 6.07) is 1.58. The van der Waals surface area contributed by atoms with Gasteiger partial charge in [0.2, 0.25) is 0 Å². The minimum atomic E-state index is -3.76. The fraction of sp³-hybridized carbons (Fsp3) is 0.167. The first-order chi connectivity index (χ1) is 12.2. The molecule has 0 atom stereocenters. The summed E-state index contributed by atoms with van der Waals surface area (Å²) in [5, 5.41) is 10.6. The molecule has 0 aromatic carbocycles. The molecule has 0 radical (unpaired) electrons. The molecule has 26 heavy (non-hydrogen) atoms. The van der Waals surface area contributed by atoms with Crippen molar-refractivity contribution in [1.82, 2.24) is 23.9 Å². The maximum atomic E-state index is 11.0. The Morgan fingerprint density at radius 3 is 2.35 bits per heavy atom.